The Morgan fingerprint density at radius 1 is 1.48 bits per heavy atom. The van der Waals surface area contributed by atoms with E-state index in [0.717, 1.165) is 18.9 Å². The third-order valence-electron chi connectivity index (χ3n) is 4.50. The van der Waals surface area contributed by atoms with E-state index in [4.69, 9.17) is 9.26 Å². The molecule has 2 atom stereocenters. The van der Waals surface area contributed by atoms with Gasteiger partial charge in [-0.15, -0.1) is 0 Å². The highest BCUT2D eigenvalue weighted by Gasteiger charge is 2.35. The number of aromatic nitrogens is 3. The molecule has 1 N–H and O–H groups in total. The van der Waals surface area contributed by atoms with Crippen LogP contribution in [0.2, 0.25) is 0 Å². The largest absolute Gasteiger partial charge is 0.373 e. The van der Waals surface area contributed by atoms with E-state index in [1.54, 1.807) is 19.2 Å². The normalized spacial score (nSPS) is 21.4. The molecular weight excluding hydrogens is 322 g/mol. The smallest absolute Gasteiger partial charge is 0.226 e. The molecule has 0 aliphatic carbocycles. The van der Waals surface area contributed by atoms with Crippen LogP contribution in [0.1, 0.15) is 30.2 Å². The minimum absolute atomic E-state index is 0.0216. The van der Waals surface area contributed by atoms with Crippen LogP contribution < -0.4 is 5.32 Å². The van der Waals surface area contributed by atoms with Crippen LogP contribution in [0.4, 0.5) is 0 Å². The van der Waals surface area contributed by atoms with E-state index in [-0.39, 0.29) is 24.5 Å². The molecule has 1 aliphatic rings. The lowest BCUT2D eigenvalue weighted by atomic mass is 10.1. The molecule has 1 fully saturated rings. The Morgan fingerprint density at radius 2 is 2.32 bits per heavy atom. The molecule has 1 aliphatic heterocycles. The molecule has 8 heteroatoms. The lowest BCUT2D eigenvalue weighted by molar-refractivity contribution is -0.123. The third-order valence-corrected chi connectivity index (χ3v) is 4.50. The molecule has 0 aromatic carbocycles. The summed E-state index contributed by atoms with van der Waals surface area (Å²) in [6, 6.07) is 1.79. The molecule has 0 spiro atoms. The molecule has 0 saturated carbocycles. The van der Waals surface area contributed by atoms with Crippen molar-refractivity contribution in [3.63, 3.8) is 0 Å². The Labute approximate surface area is 147 Å². The van der Waals surface area contributed by atoms with Gasteiger partial charge in [0.25, 0.3) is 0 Å². The zero-order valence-electron chi connectivity index (χ0n) is 14.9. The minimum atomic E-state index is -0.141. The molecule has 3 heterocycles. The molecule has 8 nitrogen and oxygen atoms in total. The van der Waals surface area contributed by atoms with Crippen LogP contribution in [0.25, 0.3) is 0 Å². The van der Waals surface area contributed by atoms with Crippen molar-refractivity contribution in [2.75, 3.05) is 26.2 Å². The van der Waals surface area contributed by atoms with Gasteiger partial charge in [0.15, 0.2) is 0 Å². The van der Waals surface area contributed by atoms with Crippen molar-refractivity contribution in [2.24, 2.45) is 7.05 Å². The first kappa shape index (κ1) is 17.6. The molecule has 0 radical (unpaired) electrons. The predicted molar refractivity (Wildman–Crippen MR) is 90.9 cm³/mol. The Bertz CT molecular complexity index is 711. The van der Waals surface area contributed by atoms with E-state index in [9.17, 15) is 4.79 Å². The lowest BCUT2D eigenvalue weighted by Gasteiger charge is -2.40. The van der Waals surface area contributed by atoms with Gasteiger partial charge in [0.2, 0.25) is 5.91 Å². The van der Waals surface area contributed by atoms with E-state index in [0.29, 0.717) is 24.6 Å². The van der Waals surface area contributed by atoms with Crippen LogP contribution in [0.15, 0.2) is 23.0 Å². The summed E-state index contributed by atoms with van der Waals surface area (Å²) in [5, 5.41) is 6.81. The number of hydrogen-bond donors (Lipinski definition) is 1. The molecule has 0 unspecified atom stereocenters. The molecule has 2 aromatic rings. The summed E-state index contributed by atoms with van der Waals surface area (Å²) in [6.45, 7) is 6.78. The number of morpholine rings is 1. The molecule has 136 valence electrons. The van der Waals surface area contributed by atoms with E-state index in [1.807, 2.05) is 17.8 Å². The zero-order chi connectivity index (χ0) is 17.8. The summed E-state index contributed by atoms with van der Waals surface area (Å²) < 4.78 is 13.0. The number of aryl methyl sites for hydroxylation is 2. The number of amides is 1. The fourth-order valence-electron chi connectivity index (χ4n) is 3.25. The van der Waals surface area contributed by atoms with Gasteiger partial charge in [-0.25, -0.2) is 4.98 Å². The van der Waals surface area contributed by atoms with E-state index >= 15 is 0 Å². The van der Waals surface area contributed by atoms with Gasteiger partial charge in [0.05, 0.1) is 30.9 Å². The van der Waals surface area contributed by atoms with Crippen molar-refractivity contribution in [1.29, 1.82) is 0 Å². The summed E-state index contributed by atoms with van der Waals surface area (Å²) in [4.78, 5) is 19.0. The number of hydrogen-bond acceptors (Lipinski definition) is 6. The summed E-state index contributed by atoms with van der Waals surface area (Å²) in [5.41, 5.74) is 0.635. The van der Waals surface area contributed by atoms with Crippen LogP contribution in [-0.2, 0) is 23.0 Å². The van der Waals surface area contributed by atoms with Crippen molar-refractivity contribution in [3.8, 4) is 0 Å². The van der Waals surface area contributed by atoms with Gasteiger partial charge in [-0.3, -0.25) is 9.69 Å². The maximum Gasteiger partial charge on any atom is 0.226 e. The molecule has 25 heavy (non-hydrogen) atoms. The summed E-state index contributed by atoms with van der Waals surface area (Å²) >= 11 is 0. The van der Waals surface area contributed by atoms with Crippen LogP contribution in [-0.4, -0.2) is 57.9 Å². The second-order valence-corrected chi connectivity index (χ2v) is 6.29. The van der Waals surface area contributed by atoms with Crippen LogP contribution in [0, 0.1) is 6.92 Å². The van der Waals surface area contributed by atoms with Crippen molar-refractivity contribution < 1.29 is 14.1 Å². The van der Waals surface area contributed by atoms with Gasteiger partial charge >= 0.3 is 0 Å². The average Bonchev–Trinajstić information content (AvgIpc) is 3.20. The maximum absolute atomic E-state index is 12.2. The first-order valence-corrected chi connectivity index (χ1v) is 8.60. The Balaban J connectivity index is 1.64. The van der Waals surface area contributed by atoms with Crippen molar-refractivity contribution >= 4 is 5.91 Å². The number of ether oxygens (including phenoxy) is 1. The van der Waals surface area contributed by atoms with Gasteiger partial charge in [-0.05, 0) is 13.5 Å². The van der Waals surface area contributed by atoms with Gasteiger partial charge in [0.1, 0.15) is 11.6 Å². The number of nitrogens with zero attached hydrogens (tertiary/aromatic N) is 4. The van der Waals surface area contributed by atoms with Gasteiger partial charge in [0, 0.05) is 38.6 Å². The Kier molecular flexibility index (Phi) is 5.50. The number of rotatable bonds is 6. The second-order valence-electron chi connectivity index (χ2n) is 6.29. The average molecular weight is 347 g/mol. The summed E-state index contributed by atoms with van der Waals surface area (Å²) in [6.07, 6.45) is 3.78. The number of imidazole rings is 1. The third kappa shape index (κ3) is 4.08. The SMILES string of the molecule is CCN1CCO[C@@H](CNC(=O)Cc2cc(C)on2)[C@@H]1c1nccn1C. The van der Waals surface area contributed by atoms with E-state index < -0.39 is 0 Å². The highest BCUT2D eigenvalue weighted by molar-refractivity contribution is 5.78. The van der Waals surface area contributed by atoms with Gasteiger partial charge in [-0.1, -0.05) is 12.1 Å². The molecule has 2 aromatic heterocycles. The van der Waals surface area contributed by atoms with Crippen molar-refractivity contribution in [3.05, 3.63) is 35.7 Å². The molecule has 0 bridgehead atoms. The highest BCUT2D eigenvalue weighted by Crippen LogP contribution is 2.27. The minimum Gasteiger partial charge on any atom is -0.373 e. The van der Waals surface area contributed by atoms with Crippen LogP contribution >= 0.6 is 0 Å². The zero-order valence-corrected chi connectivity index (χ0v) is 14.9. The van der Waals surface area contributed by atoms with Gasteiger partial charge < -0.3 is 19.1 Å². The second kappa shape index (κ2) is 7.79. The van der Waals surface area contributed by atoms with Crippen LogP contribution in [0.5, 0.6) is 0 Å². The van der Waals surface area contributed by atoms with Crippen molar-refractivity contribution in [2.45, 2.75) is 32.4 Å². The quantitative estimate of drug-likeness (QED) is 0.833. The first-order valence-electron chi connectivity index (χ1n) is 8.60. The lowest BCUT2D eigenvalue weighted by Crippen LogP contribution is -2.50. The van der Waals surface area contributed by atoms with E-state index in [2.05, 4.69) is 27.3 Å². The number of carbonyl (C=O) groups is 1. The topological polar surface area (TPSA) is 85.4 Å². The standard InChI is InChI=1S/C17H25N5O3/c1-4-22-7-8-24-14(16(22)17-18-5-6-21(17)3)11-19-15(23)10-13-9-12(2)25-20-13/h5-6,9,14,16H,4,7-8,10-11H2,1-3H3,(H,19,23)/t14-,16+/m0/s1. The molecular formula is C17H25N5O3. The van der Waals surface area contributed by atoms with Crippen LogP contribution in [0.3, 0.4) is 0 Å². The highest BCUT2D eigenvalue weighted by atomic mass is 16.5. The van der Waals surface area contributed by atoms with Crippen molar-refractivity contribution in [1.82, 2.24) is 24.9 Å². The summed E-state index contributed by atoms with van der Waals surface area (Å²) in [7, 11) is 1.98. The fraction of sp³-hybridized carbons (Fsp3) is 0.588. The monoisotopic (exact) mass is 347 g/mol. The first-order chi connectivity index (χ1) is 12.1. The number of likely N-dealkylation sites (N-methyl/N-ethyl adjacent to an activating group) is 1. The predicted octanol–water partition coefficient (Wildman–Crippen LogP) is 0.837. The molecule has 3 rings (SSSR count). The Morgan fingerprint density at radius 3 is 2.96 bits per heavy atom. The molecule has 1 amide bonds. The number of carbonyl (C=O) groups excluding carboxylic acids is 1. The fourth-order valence-corrected chi connectivity index (χ4v) is 3.25. The van der Waals surface area contributed by atoms with E-state index in [1.165, 1.54) is 0 Å². The molecule has 1 saturated heterocycles. The number of nitrogens with one attached hydrogen (secondary N) is 1. The summed E-state index contributed by atoms with van der Waals surface area (Å²) in [5.74, 6) is 1.56. The maximum atomic E-state index is 12.2. The Hall–Kier alpha value is -2.19. The van der Waals surface area contributed by atoms with Gasteiger partial charge in [-0.2, -0.15) is 0 Å².